The second kappa shape index (κ2) is 5.95. The molecule has 1 nitrogen and oxygen atoms in total. The van der Waals surface area contributed by atoms with E-state index in [0.717, 1.165) is 11.6 Å². The third-order valence-corrected chi connectivity index (χ3v) is 3.38. The van der Waals surface area contributed by atoms with Crippen LogP contribution in [0.25, 0.3) is 0 Å². The van der Waals surface area contributed by atoms with Crippen LogP contribution in [0.4, 0.5) is 0 Å². The fourth-order valence-electron chi connectivity index (χ4n) is 1.26. The predicted molar refractivity (Wildman–Crippen MR) is 74.5 cm³/mol. The molecule has 16 heavy (non-hydrogen) atoms. The predicted octanol–water partition coefficient (Wildman–Crippen LogP) is 4.21. The van der Waals surface area contributed by atoms with Gasteiger partial charge in [-0.1, -0.05) is 24.6 Å². The van der Waals surface area contributed by atoms with Gasteiger partial charge in [-0.05, 0) is 39.0 Å². The first-order chi connectivity index (χ1) is 7.37. The third kappa shape index (κ3) is 5.78. The number of thioether (sulfide) groups is 1. The Bertz CT molecular complexity index is 333. The minimum absolute atomic E-state index is 0.184. The molecule has 0 fully saturated rings. The largest absolute Gasteiger partial charge is 0.311 e. The van der Waals surface area contributed by atoms with E-state index >= 15 is 0 Å². The average molecular weight is 258 g/mol. The van der Waals surface area contributed by atoms with Gasteiger partial charge in [0.2, 0.25) is 0 Å². The molecule has 0 heterocycles. The van der Waals surface area contributed by atoms with E-state index in [2.05, 4.69) is 39.1 Å². The van der Waals surface area contributed by atoms with Gasteiger partial charge in [-0.2, -0.15) is 0 Å². The van der Waals surface area contributed by atoms with Gasteiger partial charge in [0, 0.05) is 27.3 Å². The van der Waals surface area contributed by atoms with Gasteiger partial charge in [0.15, 0.2) is 0 Å². The van der Waals surface area contributed by atoms with Crippen LogP contribution in [-0.2, 0) is 0 Å². The maximum Gasteiger partial charge on any atom is 0.0417 e. The van der Waals surface area contributed by atoms with Crippen LogP contribution in [0.5, 0.6) is 0 Å². The summed E-state index contributed by atoms with van der Waals surface area (Å²) in [7, 11) is 0. The maximum atomic E-state index is 5.95. The van der Waals surface area contributed by atoms with E-state index in [9.17, 15) is 0 Å². The lowest BCUT2D eigenvalue weighted by Gasteiger charge is -2.23. The van der Waals surface area contributed by atoms with E-state index in [0.29, 0.717) is 5.25 Å². The lowest BCUT2D eigenvalue weighted by atomic mass is 10.1. The summed E-state index contributed by atoms with van der Waals surface area (Å²) >= 11 is 7.80. The Morgan fingerprint density at radius 1 is 1.38 bits per heavy atom. The summed E-state index contributed by atoms with van der Waals surface area (Å²) in [4.78, 5) is 1.23. The molecule has 1 atom stereocenters. The number of hydrogen-bond acceptors (Lipinski definition) is 2. The van der Waals surface area contributed by atoms with Gasteiger partial charge in [0.05, 0.1) is 0 Å². The van der Waals surface area contributed by atoms with Gasteiger partial charge in [0.1, 0.15) is 0 Å². The molecular weight excluding hydrogens is 238 g/mol. The summed E-state index contributed by atoms with van der Waals surface area (Å²) < 4.78 is 0. The van der Waals surface area contributed by atoms with Crippen molar-refractivity contribution in [3.8, 4) is 0 Å². The molecule has 0 radical (unpaired) electrons. The Hall–Kier alpha value is -0.180. The SMILES string of the molecule is CC(CNC(C)(C)C)Sc1cccc(Cl)c1. The van der Waals surface area contributed by atoms with Crippen molar-refractivity contribution in [1.29, 1.82) is 0 Å². The molecule has 90 valence electrons. The zero-order chi connectivity index (χ0) is 12.2. The number of halogens is 1. The monoisotopic (exact) mass is 257 g/mol. The van der Waals surface area contributed by atoms with Crippen molar-refractivity contribution in [3.63, 3.8) is 0 Å². The van der Waals surface area contributed by atoms with Crippen molar-refractivity contribution in [2.24, 2.45) is 0 Å². The molecule has 1 rings (SSSR count). The minimum atomic E-state index is 0.184. The fourth-order valence-corrected chi connectivity index (χ4v) is 2.50. The summed E-state index contributed by atoms with van der Waals surface area (Å²) in [6, 6.07) is 8.02. The Morgan fingerprint density at radius 3 is 2.62 bits per heavy atom. The molecule has 0 spiro atoms. The fraction of sp³-hybridized carbons (Fsp3) is 0.538. The Morgan fingerprint density at radius 2 is 2.06 bits per heavy atom. The minimum Gasteiger partial charge on any atom is -0.311 e. The lowest BCUT2D eigenvalue weighted by Crippen LogP contribution is -2.39. The summed E-state index contributed by atoms with van der Waals surface area (Å²) in [5.74, 6) is 0. The molecule has 0 aliphatic rings. The first-order valence-electron chi connectivity index (χ1n) is 5.54. The van der Waals surface area contributed by atoms with Crippen molar-refractivity contribution in [3.05, 3.63) is 29.3 Å². The summed E-state index contributed by atoms with van der Waals surface area (Å²) in [6.45, 7) is 9.78. The second-order valence-corrected chi connectivity index (χ2v) is 6.97. The Kier molecular flexibility index (Phi) is 5.16. The highest BCUT2D eigenvalue weighted by Gasteiger charge is 2.11. The van der Waals surface area contributed by atoms with Crippen molar-refractivity contribution in [2.45, 2.75) is 43.4 Å². The van der Waals surface area contributed by atoms with Gasteiger partial charge in [-0.3, -0.25) is 0 Å². The Balaban J connectivity index is 2.43. The molecular formula is C13H20ClNS. The molecule has 1 unspecified atom stereocenters. The van der Waals surface area contributed by atoms with Gasteiger partial charge in [-0.25, -0.2) is 0 Å². The standard InChI is InChI=1S/C13H20ClNS/c1-10(9-15-13(2,3)4)16-12-7-5-6-11(14)8-12/h5-8,10,15H,9H2,1-4H3. The van der Waals surface area contributed by atoms with Crippen LogP contribution in [0.3, 0.4) is 0 Å². The Labute approximate surface area is 108 Å². The van der Waals surface area contributed by atoms with Gasteiger partial charge in [0.25, 0.3) is 0 Å². The van der Waals surface area contributed by atoms with Crippen molar-refractivity contribution in [1.82, 2.24) is 5.32 Å². The third-order valence-electron chi connectivity index (χ3n) is 2.05. The summed E-state index contributed by atoms with van der Waals surface area (Å²) in [6.07, 6.45) is 0. The molecule has 1 aromatic rings. The van der Waals surface area contributed by atoms with Crippen LogP contribution >= 0.6 is 23.4 Å². The van der Waals surface area contributed by atoms with E-state index in [1.807, 2.05) is 30.0 Å². The average Bonchev–Trinajstić information content (AvgIpc) is 2.14. The van der Waals surface area contributed by atoms with E-state index in [4.69, 9.17) is 11.6 Å². The first kappa shape index (κ1) is 13.9. The van der Waals surface area contributed by atoms with Crippen LogP contribution in [0.1, 0.15) is 27.7 Å². The van der Waals surface area contributed by atoms with Gasteiger partial charge < -0.3 is 5.32 Å². The molecule has 0 aliphatic carbocycles. The van der Waals surface area contributed by atoms with E-state index < -0.39 is 0 Å². The van der Waals surface area contributed by atoms with E-state index in [-0.39, 0.29) is 5.54 Å². The normalized spacial score (nSPS) is 13.8. The van der Waals surface area contributed by atoms with Gasteiger partial charge >= 0.3 is 0 Å². The highest BCUT2D eigenvalue weighted by atomic mass is 35.5. The molecule has 0 aromatic heterocycles. The number of nitrogens with one attached hydrogen (secondary N) is 1. The molecule has 0 amide bonds. The molecule has 0 saturated heterocycles. The second-order valence-electron chi connectivity index (χ2n) is 5.02. The topological polar surface area (TPSA) is 12.0 Å². The smallest absolute Gasteiger partial charge is 0.0417 e. The number of hydrogen-bond donors (Lipinski definition) is 1. The highest BCUT2D eigenvalue weighted by molar-refractivity contribution is 8.00. The van der Waals surface area contributed by atoms with Crippen molar-refractivity contribution in [2.75, 3.05) is 6.54 Å². The molecule has 1 N–H and O–H groups in total. The highest BCUT2D eigenvalue weighted by Crippen LogP contribution is 2.25. The van der Waals surface area contributed by atoms with Crippen LogP contribution in [0.2, 0.25) is 5.02 Å². The van der Waals surface area contributed by atoms with E-state index in [1.54, 1.807) is 0 Å². The maximum absolute atomic E-state index is 5.95. The van der Waals surface area contributed by atoms with Crippen molar-refractivity contribution < 1.29 is 0 Å². The lowest BCUT2D eigenvalue weighted by molar-refractivity contribution is 0.429. The first-order valence-corrected chi connectivity index (χ1v) is 6.80. The van der Waals surface area contributed by atoms with Crippen molar-refractivity contribution >= 4 is 23.4 Å². The molecule has 0 bridgehead atoms. The van der Waals surface area contributed by atoms with Gasteiger partial charge in [-0.15, -0.1) is 11.8 Å². The molecule has 1 aromatic carbocycles. The molecule has 0 saturated carbocycles. The number of benzene rings is 1. The zero-order valence-electron chi connectivity index (χ0n) is 10.4. The van der Waals surface area contributed by atoms with Crippen LogP contribution < -0.4 is 5.32 Å². The molecule has 3 heteroatoms. The number of rotatable bonds is 4. The quantitative estimate of drug-likeness (QED) is 0.811. The zero-order valence-corrected chi connectivity index (χ0v) is 12.0. The van der Waals surface area contributed by atoms with Crippen LogP contribution in [0, 0.1) is 0 Å². The van der Waals surface area contributed by atoms with Crippen LogP contribution in [0.15, 0.2) is 29.2 Å². The van der Waals surface area contributed by atoms with E-state index in [1.165, 1.54) is 4.90 Å². The molecule has 0 aliphatic heterocycles. The summed E-state index contributed by atoms with van der Waals surface area (Å²) in [5, 5.41) is 4.85. The summed E-state index contributed by atoms with van der Waals surface area (Å²) in [5.41, 5.74) is 0.184. The van der Waals surface area contributed by atoms with Crippen LogP contribution in [-0.4, -0.2) is 17.3 Å².